The van der Waals surface area contributed by atoms with E-state index in [9.17, 15) is 0 Å². The minimum atomic E-state index is -0.0730. The Morgan fingerprint density at radius 3 is 2.94 bits per heavy atom. The summed E-state index contributed by atoms with van der Waals surface area (Å²) in [6, 6.07) is 8.27. The molecule has 0 saturated carbocycles. The van der Waals surface area contributed by atoms with E-state index in [0.717, 1.165) is 24.3 Å². The molecule has 1 fully saturated rings. The highest BCUT2D eigenvalue weighted by atomic mass is 16.5. The van der Waals surface area contributed by atoms with E-state index in [-0.39, 0.29) is 12.7 Å². The Morgan fingerprint density at radius 1 is 1.47 bits per heavy atom. The topological polar surface area (TPSA) is 58.7 Å². The molecule has 1 aliphatic rings. The van der Waals surface area contributed by atoms with E-state index < -0.39 is 0 Å². The first-order chi connectivity index (χ1) is 8.20. The van der Waals surface area contributed by atoms with E-state index in [1.807, 2.05) is 24.3 Å². The molecule has 0 spiro atoms. The van der Waals surface area contributed by atoms with Gasteiger partial charge in [-0.15, -0.1) is 0 Å². The molecule has 1 heterocycles. The summed E-state index contributed by atoms with van der Waals surface area (Å²) in [4.78, 5) is 2.30. The molecule has 1 aromatic carbocycles. The maximum atomic E-state index is 9.14. The monoisotopic (exact) mass is 236 g/mol. The normalized spacial score (nSPS) is 26.0. The Kier molecular flexibility index (Phi) is 3.99. The van der Waals surface area contributed by atoms with E-state index in [1.165, 1.54) is 0 Å². The van der Waals surface area contributed by atoms with Gasteiger partial charge < -0.3 is 15.6 Å². The zero-order valence-corrected chi connectivity index (χ0v) is 10.2. The molecular formula is C13H20N2O2. The van der Waals surface area contributed by atoms with Gasteiger partial charge in [0.15, 0.2) is 0 Å². The van der Waals surface area contributed by atoms with Gasteiger partial charge in [-0.1, -0.05) is 18.2 Å². The van der Waals surface area contributed by atoms with Gasteiger partial charge in [0.05, 0.1) is 19.3 Å². The first-order valence-corrected chi connectivity index (χ1v) is 6.00. The molecular weight excluding hydrogens is 216 g/mol. The van der Waals surface area contributed by atoms with Crippen molar-refractivity contribution in [1.82, 2.24) is 4.90 Å². The lowest BCUT2D eigenvalue weighted by Crippen LogP contribution is -2.48. The largest absolute Gasteiger partial charge is 0.398 e. The summed E-state index contributed by atoms with van der Waals surface area (Å²) < 4.78 is 5.51. The zero-order valence-electron chi connectivity index (χ0n) is 10.2. The van der Waals surface area contributed by atoms with E-state index in [4.69, 9.17) is 15.6 Å². The zero-order chi connectivity index (χ0) is 12.3. The summed E-state index contributed by atoms with van der Waals surface area (Å²) in [6.07, 6.45) is -0.0730. The molecule has 4 nitrogen and oxygen atoms in total. The smallest absolute Gasteiger partial charge is 0.0933 e. The predicted molar refractivity (Wildman–Crippen MR) is 67.6 cm³/mol. The van der Waals surface area contributed by atoms with Gasteiger partial charge in [0, 0.05) is 24.8 Å². The molecule has 2 unspecified atom stereocenters. The van der Waals surface area contributed by atoms with E-state index in [0.29, 0.717) is 12.6 Å². The number of nitrogens with two attached hydrogens (primary N) is 1. The number of ether oxygens (including phenoxy) is 1. The summed E-state index contributed by atoms with van der Waals surface area (Å²) in [5, 5.41) is 9.14. The second-order valence-corrected chi connectivity index (χ2v) is 4.62. The number of nitrogens with zero attached hydrogens (tertiary/aromatic N) is 1. The Bertz CT molecular complexity index is 370. The molecule has 17 heavy (non-hydrogen) atoms. The van der Waals surface area contributed by atoms with Gasteiger partial charge in [-0.05, 0) is 18.6 Å². The van der Waals surface area contributed by atoms with E-state index in [2.05, 4.69) is 11.8 Å². The lowest BCUT2D eigenvalue weighted by Gasteiger charge is -2.37. The third-order valence-electron chi connectivity index (χ3n) is 3.27. The fraction of sp³-hybridized carbons (Fsp3) is 0.538. The first kappa shape index (κ1) is 12.4. The Labute approximate surface area is 102 Å². The van der Waals surface area contributed by atoms with Crippen molar-refractivity contribution in [2.45, 2.75) is 25.6 Å². The van der Waals surface area contributed by atoms with Gasteiger partial charge in [-0.25, -0.2) is 0 Å². The van der Waals surface area contributed by atoms with Crippen LogP contribution in [-0.4, -0.2) is 41.9 Å². The van der Waals surface area contributed by atoms with Crippen molar-refractivity contribution in [3.8, 4) is 0 Å². The fourth-order valence-corrected chi connectivity index (χ4v) is 2.10. The molecule has 0 amide bonds. The number of hydrogen-bond acceptors (Lipinski definition) is 4. The van der Waals surface area contributed by atoms with Crippen LogP contribution in [-0.2, 0) is 11.3 Å². The Morgan fingerprint density at radius 2 is 2.24 bits per heavy atom. The lowest BCUT2D eigenvalue weighted by molar-refractivity contribution is -0.0805. The molecule has 1 aromatic rings. The average Bonchev–Trinajstić information content (AvgIpc) is 2.35. The van der Waals surface area contributed by atoms with Crippen molar-refractivity contribution in [1.29, 1.82) is 0 Å². The number of para-hydroxylation sites is 1. The van der Waals surface area contributed by atoms with Gasteiger partial charge in [-0.2, -0.15) is 0 Å². The molecule has 94 valence electrons. The molecule has 1 saturated heterocycles. The maximum Gasteiger partial charge on any atom is 0.0933 e. The van der Waals surface area contributed by atoms with Crippen LogP contribution in [0.5, 0.6) is 0 Å². The van der Waals surface area contributed by atoms with Crippen molar-refractivity contribution in [2.75, 3.05) is 25.5 Å². The number of nitrogen functional groups attached to an aromatic ring is 1. The van der Waals surface area contributed by atoms with E-state index in [1.54, 1.807) is 0 Å². The number of hydrogen-bond donors (Lipinski definition) is 2. The third-order valence-corrected chi connectivity index (χ3v) is 3.27. The highest BCUT2D eigenvalue weighted by Gasteiger charge is 2.25. The minimum Gasteiger partial charge on any atom is -0.398 e. The molecule has 1 aliphatic heterocycles. The standard InChI is InChI=1S/C13H20N2O2/c1-10-9-17-12(8-16)7-15(10)6-11-4-2-3-5-13(11)14/h2-5,10,12,16H,6-9,14H2,1H3. The van der Waals surface area contributed by atoms with Crippen LogP contribution in [0, 0.1) is 0 Å². The first-order valence-electron chi connectivity index (χ1n) is 6.00. The van der Waals surface area contributed by atoms with Crippen LogP contribution in [0.25, 0.3) is 0 Å². The van der Waals surface area contributed by atoms with Crippen LogP contribution in [0.1, 0.15) is 12.5 Å². The number of aliphatic hydroxyl groups is 1. The number of aliphatic hydroxyl groups excluding tert-OH is 1. The fourth-order valence-electron chi connectivity index (χ4n) is 2.10. The molecule has 0 radical (unpaired) electrons. The van der Waals surface area contributed by atoms with Gasteiger partial charge in [0.25, 0.3) is 0 Å². The van der Waals surface area contributed by atoms with Gasteiger partial charge >= 0.3 is 0 Å². The third kappa shape index (κ3) is 2.97. The molecule has 0 bridgehead atoms. The summed E-state index contributed by atoms with van der Waals surface area (Å²) >= 11 is 0. The molecule has 4 heteroatoms. The van der Waals surface area contributed by atoms with Crippen molar-refractivity contribution in [3.63, 3.8) is 0 Å². The van der Waals surface area contributed by atoms with Crippen molar-refractivity contribution in [3.05, 3.63) is 29.8 Å². The molecule has 0 aliphatic carbocycles. The highest BCUT2D eigenvalue weighted by Crippen LogP contribution is 2.18. The van der Waals surface area contributed by atoms with Gasteiger partial charge in [0.1, 0.15) is 0 Å². The van der Waals surface area contributed by atoms with Crippen molar-refractivity contribution >= 4 is 5.69 Å². The minimum absolute atomic E-state index is 0.0730. The van der Waals surface area contributed by atoms with Crippen LogP contribution in [0.3, 0.4) is 0 Å². The number of rotatable bonds is 3. The molecule has 3 N–H and O–H groups in total. The van der Waals surface area contributed by atoms with Gasteiger partial charge in [-0.3, -0.25) is 4.90 Å². The summed E-state index contributed by atoms with van der Waals surface area (Å²) in [6.45, 7) is 4.44. The molecule has 0 aromatic heterocycles. The summed E-state index contributed by atoms with van der Waals surface area (Å²) in [5.41, 5.74) is 7.91. The van der Waals surface area contributed by atoms with Crippen molar-refractivity contribution in [2.24, 2.45) is 0 Å². The van der Waals surface area contributed by atoms with Crippen LogP contribution < -0.4 is 5.73 Å². The average molecular weight is 236 g/mol. The molecule has 2 rings (SSSR count). The molecule has 2 atom stereocenters. The number of morpholine rings is 1. The Balaban J connectivity index is 2.04. The lowest BCUT2D eigenvalue weighted by atomic mass is 10.1. The number of benzene rings is 1. The van der Waals surface area contributed by atoms with Crippen LogP contribution in [0.2, 0.25) is 0 Å². The second kappa shape index (κ2) is 5.49. The Hall–Kier alpha value is -1.10. The van der Waals surface area contributed by atoms with Crippen LogP contribution in [0.4, 0.5) is 5.69 Å². The van der Waals surface area contributed by atoms with E-state index >= 15 is 0 Å². The summed E-state index contributed by atoms with van der Waals surface area (Å²) in [7, 11) is 0. The van der Waals surface area contributed by atoms with Crippen LogP contribution in [0.15, 0.2) is 24.3 Å². The maximum absolute atomic E-state index is 9.14. The highest BCUT2D eigenvalue weighted by molar-refractivity contribution is 5.46. The van der Waals surface area contributed by atoms with Crippen LogP contribution >= 0.6 is 0 Å². The van der Waals surface area contributed by atoms with Crippen molar-refractivity contribution < 1.29 is 9.84 Å². The summed E-state index contributed by atoms with van der Waals surface area (Å²) in [5.74, 6) is 0. The predicted octanol–water partition coefficient (Wildman–Crippen LogP) is 0.850. The second-order valence-electron chi connectivity index (χ2n) is 4.62. The SMILES string of the molecule is CC1COC(CO)CN1Cc1ccccc1N. The quantitative estimate of drug-likeness (QED) is 0.764. The number of anilines is 1. The van der Waals surface area contributed by atoms with Gasteiger partial charge in [0.2, 0.25) is 0 Å².